The Morgan fingerprint density at radius 1 is 0.281 bits per heavy atom. The molecule has 11 aromatic rings. The molecule has 2 aromatic heterocycles. The minimum atomic E-state index is 0.867. The van der Waals surface area contributed by atoms with E-state index in [9.17, 15) is 0 Å². The summed E-state index contributed by atoms with van der Waals surface area (Å²) in [7, 11) is 0. The van der Waals surface area contributed by atoms with Crippen LogP contribution in [0.15, 0.2) is 206 Å². The summed E-state index contributed by atoms with van der Waals surface area (Å²) in [5.41, 5.74) is 16.4. The van der Waals surface area contributed by atoms with Gasteiger partial charge in [0.1, 0.15) is 0 Å². The predicted molar refractivity (Wildman–Crippen MR) is 237 cm³/mol. The fourth-order valence-electron chi connectivity index (χ4n) is 9.00. The van der Waals surface area contributed by atoms with Crippen LogP contribution in [0.5, 0.6) is 11.5 Å². The molecule has 0 bridgehead atoms. The summed E-state index contributed by atoms with van der Waals surface area (Å²) in [6, 6.07) is 74.5. The Balaban J connectivity index is 0.939. The van der Waals surface area contributed by atoms with Crippen molar-refractivity contribution < 1.29 is 4.74 Å². The highest BCUT2D eigenvalue weighted by atomic mass is 16.5. The van der Waals surface area contributed by atoms with Gasteiger partial charge in [-0.2, -0.15) is 0 Å². The second kappa shape index (κ2) is 12.5. The van der Waals surface area contributed by atoms with Crippen LogP contribution < -0.4 is 4.74 Å². The van der Waals surface area contributed by atoms with E-state index in [2.05, 4.69) is 215 Å². The summed E-state index contributed by atoms with van der Waals surface area (Å²) >= 11 is 0. The van der Waals surface area contributed by atoms with E-state index in [-0.39, 0.29) is 0 Å². The summed E-state index contributed by atoms with van der Waals surface area (Å²) in [4.78, 5) is 0. The van der Waals surface area contributed by atoms with Crippen molar-refractivity contribution in [2.45, 2.75) is 0 Å². The summed E-state index contributed by atoms with van der Waals surface area (Å²) in [6.07, 6.45) is 0. The van der Waals surface area contributed by atoms with Crippen molar-refractivity contribution in [3.05, 3.63) is 206 Å². The molecule has 0 saturated heterocycles. The Morgan fingerprint density at radius 2 is 0.772 bits per heavy atom. The Bertz CT molecular complexity index is 3260. The van der Waals surface area contributed by atoms with Gasteiger partial charge in [0.15, 0.2) is 11.5 Å². The number of aromatic nitrogens is 2. The summed E-state index contributed by atoms with van der Waals surface area (Å²) in [5, 5.41) is 4.93. The molecule has 9 aromatic carbocycles. The number of para-hydroxylation sites is 2. The van der Waals surface area contributed by atoms with Crippen molar-refractivity contribution >= 4 is 43.6 Å². The molecular weight excluding hydrogens is 693 g/mol. The number of fused-ring (bicyclic) bond motifs is 8. The fraction of sp³-hybridized carbons (Fsp3) is 0. The maximum atomic E-state index is 6.47. The highest BCUT2D eigenvalue weighted by Gasteiger charge is 2.24. The van der Waals surface area contributed by atoms with Crippen LogP contribution >= 0.6 is 0 Å². The third kappa shape index (κ3) is 4.99. The van der Waals surface area contributed by atoms with E-state index in [1.165, 1.54) is 71.5 Å². The monoisotopic (exact) mass is 726 g/mol. The van der Waals surface area contributed by atoms with Crippen LogP contribution in [-0.4, -0.2) is 9.13 Å². The van der Waals surface area contributed by atoms with E-state index in [4.69, 9.17) is 4.74 Å². The van der Waals surface area contributed by atoms with Crippen LogP contribution in [0.4, 0.5) is 0 Å². The van der Waals surface area contributed by atoms with Crippen molar-refractivity contribution in [3.8, 4) is 67.4 Å². The standard InChI is InChI=1S/C54H34N2O/c1-3-11-35(12-4-1)40-25-28-49-46(32-40)47-33-41(36-13-5-2-6-14-36)26-29-50(47)55(49)43-16-9-15-39(31-43)37-21-23-38(24-22-37)42-27-30-52-51(34-42)56-48-19-8-7-17-44(48)45-18-10-20-53(57-52)54(45)56/h1-34H. The topological polar surface area (TPSA) is 19.1 Å². The van der Waals surface area contributed by atoms with Crippen LogP contribution in [0.3, 0.4) is 0 Å². The van der Waals surface area contributed by atoms with E-state index < -0.39 is 0 Å². The van der Waals surface area contributed by atoms with Crippen LogP contribution in [0, 0.1) is 0 Å². The minimum absolute atomic E-state index is 0.867. The predicted octanol–water partition coefficient (Wildman–Crippen LogP) is 14.7. The van der Waals surface area contributed by atoms with Gasteiger partial charge in [0.2, 0.25) is 0 Å². The number of benzene rings is 9. The third-order valence-electron chi connectivity index (χ3n) is 11.7. The highest BCUT2D eigenvalue weighted by molar-refractivity contribution is 6.13. The van der Waals surface area contributed by atoms with Gasteiger partial charge in [-0.05, 0) is 105 Å². The summed E-state index contributed by atoms with van der Waals surface area (Å²) < 4.78 is 11.3. The van der Waals surface area contributed by atoms with Gasteiger partial charge >= 0.3 is 0 Å². The Hall–Kier alpha value is -7.62. The van der Waals surface area contributed by atoms with E-state index >= 15 is 0 Å². The first-order chi connectivity index (χ1) is 28.2. The number of rotatable bonds is 5. The molecule has 0 fully saturated rings. The third-order valence-corrected chi connectivity index (χ3v) is 11.7. The molecule has 0 radical (unpaired) electrons. The second-order valence-electron chi connectivity index (χ2n) is 14.9. The first-order valence-corrected chi connectivity index (χ1v) is 19.5. The molecule has 1 aliphatic heterocycles. The summed E-state index contributed by atoms with van der Waals surface area (Å²) in [6.45, 7) is 0. The molecule has 3 heteroatoms. The van der Waals surface area contributed by atoms with Crippen molar-refractivity contribution in [1.29, 1.82) is 0 Å². The first-order valence-electron chi connectivity index (χ1n) is 19.5. The fourth-order valence-corrected chi connectivity index (χ4v) is 9.00. The lowest BCUT2D eigenvalue weighted by Gasteiger charge is -2.21. The van der Waals surface area contributed by atoms with Crippen molar-refractivity contribution in [3.63, 3.8) is 0 Å². The quantitative estimate of drug-likeness (QED) is 0.173. The number of nitrogens with zero attached hydrogens (tertiary/aromatic N) is 2. The van der Waals surface area contributed by atoms with Crippen LogP contribution in [0.25, 0.3) is 99.5 Å². The molecule has 12 rings (SSSR count). The van der Waals surface area contributed by atoms with Gasteiger partial charge in [-0.15, -0.1) is 0 Å². The van der Waals surface area contributed by atoms with E-state index in [1.54, 1.807) is 0 Å². The smallest absolute Gasteiger partial charge is 0.152 e. The molecule has 1 aliphatic rings. The lowest BCUT2D eigenvalue weighted by molar-refractivity contribution is 0.476. The van der Waals surface area contributed by atoms with Crippen molar-refractivity contribution in [2.75, 3.05) is 0 Å². The van der Waals surface area contributed by atoms with Crippen molar-refractivity contribution in [2.24, 2.45) is 0 Å². The molecule has 0 spiro atoms. The molecule has 0 amide bonds. The maximum Gasteiger partial charge on any atom is 0.152 e. The van der Waals surface area contributed by atoms with Gasteiger partial charge in [0, 0.05) is 27.2 Å². The van der Waals surface area contributed by atoms with Crippen LogP contribution in [0.2, 0.25) is 0 Å². The Kier molecular flexibility index (Phi) is 6.93. The van der Waals surface area contributed by atoms with Crippen molar-refractivity contribution in [1.82, 2.24) is 9.13 Å². The van der Waals surface area contributed by atoms with E-state index in [0.29, 0.717) is 0 Å². The SMILES string of the molecule is c1ccc(-c2ccc3c(c2)c2cc(-c4ccccc4)ccc2n3-c2cccc(-c3ccc(-c4ccc5c(c4)-n4c6ccccc6c6cccc(c64)O5)cc3)c2)cc1. The van der Waals surface area contributed by atoms with Gasteiger partial charge < -0.3 is 13.9 Å². The molecule has 0 atom stereocenters. The summed E-state index contributed by atoms with van der Waals surface area (Å²) in [5.74, 6) is 1.76. The Morgan fingerprint density at radius 3 is 1.46 bits per heavy atom. The van der Waals surface area contributed by atoms with Gasteiger partial charge in [-0.25, -0.2) is 0 Å². The van der Waals surface area contributed by atoms with Crippen LogP contribution in [0.1, 0.15) is 0 Å². The van der Waals surface area contributed by atoms with E-state index in [1.807, 2.05) is 0 Å². The molecule has 0 unspecified atom stereocenters. The molecule has 0 N–H and O–H groups in total. The zero-order valence-corrected chi connectivity index (χ0v) is 30.9. The average molecular weight is 727 g/mol. The number of hydrogen-bond donors (Lipinski definition) is 0. The lowest BCUT2D eigenvalue weighted by Crippen LogP contribution is -2.04. The highest BCUT2D eigenvalue weighted by Crippen LogP contribution is 2.46. The molecule has 0 saturated carbocycles. The number of hydrogen-bond acceptors (Lipinski definition) is 1. The normalized spacial score (nSPS) is 12.0. The minimum Gasteiger partial charge on any atom is -0.453 e. The zero-order chi connectivity index (χ0) is 37.5. The molecule has 3 nitrogen and oxygen atoms in total. The van der Waals surface area contributed by atoms with Crippen LogP contribution in [-0.2, 0) is 0 Å². The molecule has 57 heavy (non-hydrogen) atoms. The molecule has 266 valence electrons. The largest absolute Gasteiger partial charge is 0.453 e. The average Bonchev–Trinajstić information content (AvgIpc) is 3.80. The number of ether oxygens (including phenoxy) is 1. The second-order valence-corrected chi connectivity index (χ2v) is 14.9. The molecule has 0 aliphatic carbocycles. The van der Waals surface area contributed by atoms with E-state index in [0.717, 1.165) is 39.5 Å². The van der Waals surface area contributed by atoms with Gasteiger partial charge in [-0.3, -0.25) is 0 Å². The Labute approximate surface area is 329 Å². The van der Waals surface area contributed by atoms with Gasteiger partial charge in [0.05, 0.1) is 27.8 Å². The first kappa shape index (κ1) is 31.7. The molecule has 3 heterocycles. The van der Waals surface area contributed by atoms with Gasteiger partial charge in [0.25, 0.3) is 0 Å². The lowest BCUT2D eigenvalue weighted by atomic mass is 9.99. The maximum absolute atomic E-state index is 6.47. The van der Waals surface area contributed by atoms with Gasteiger partial charge in [-0.1, -0.05) is 146 Å². The zero-order valence-electron chi connectivity index (χ0n) is 30.9. The molecular formula is C54H34N2O.